The SMILES string of the molecule is CCOc1ccc(OCCNC(=O)CN2CCN(Cc3cc(C)no3)CC2)cc1. The second-order valence-electron chi connectivity index (χ2n) is 7.09. The Morgan fingerprint density at radius 1 is 1.10 bits per heavy atom. The van der Waals surface area contributed by atoms with Crippen molar-refractivity contribution in [3.63, 3.8) is 0 Å². The third-order valence-corrected chi connectivity index (χ3v) is 4.72. The summed E-state index contributed by atoms with van der Waals surface area (Å²) in [7, 11) is 0. The third kappa shape index (κ3) is 7.07. The Bertz CT molecular complexity index is 754. The molecule has 1 fully saturated rings. The Kier molecular flexibility index (Phi) is 7.89. The summed E-state index contributed by atoms with van der Waals surface area (Å²) in [6, 6.07) is 9.45. The Balaban J connectivity index is 1.27. The number of amides is 1. The second-order valence-corrected chi connectivity index (χ2v) is 7.09. The van der Waals surface area contributed by atoms with Gasteiger partial charge in [0, 0.05) is 32.2 Å². The monoisotopic (exact) mass is 402 g/mol. The molecule has 1 aliphatic heterocycles. The van der Waals surface area contributed by atoms with E-state index >= 15 is 0 Å². The Morgan fingerprint density at radius 3 is 2.38 bits per heavy atom. The summed E-state index contributed by atoms with van der Waals surface area (Å²) in [5, 5.41) is 6.84. The molecule has 0 spiro atoms. The average molecular weight is 402 g/mol. The molecule has 158 valence electrons. The van der Waals surface area contributed by atoms with E-state index in [9.17, 15) is 4.79 Å². The molecule has 0 bridgehead atoms. The van der Waals surface area contributed by atoms with Gasteiger partial charge >= 0.3 is 0 Å². The molecular weight excluding hydrogens is 372 g/mol. The maximum atomic E-state index is 12.2. The van der Waals surface area contributed by atoms with Crippen molar-refractivity contribution >= 4 is 5.91 Å². The molecule has 0 atom stereocenters. The van der Waals surface area contributed by atoms with Crippen molar-refractivity contribution in [2.75, 3.05) is 52.5 Å². The lowest BCUT2D eigenvalue weighted by Crippen LogP contribution is -2.49. The lowest BCUT2D eigenvalue weighted by atomic mass is 10.3. The standard InChI is InChI=1S/C21H30N4O4/c1-3-27-18-4-6-19(7-5-18)28-13-8-22-21(26)16-25-11-9-24(10-12-25)15-20-14-17(2)23-29-20/h4-7,14H,3,8-13,15-16H2,1-2H3,(H,22,26). The predicted octanol–water partition coefficient (Wildman–Crippen LogP) is 1.69. The van der Waals surface area contributed by atoms with Crippen LogP contribution in [0.3, 0.4) is 0 Å². The van der Waals surface area contributed by atoms with Crippen LogP contribution in [0.4, 0.5) is 0 Å². The zero-order valence-electron chi connectivity index (χ0n) is 17.2. The van der Waals surface area contributed by atoms with Crippen molar-refractivity contribution in [3.8, 4) is 11.5 Å². The zero-order chi connectivity index (χ0) is 20.5. The van der Waals surface area contributed by atoms with Gasteiger partial charge in [-0.15, -0.1) is 0 Å². The highest BCUT2D eigenvalue weighted by molar-refractivity contribution is 5.78. The first-order chi connectivity index (χ1) is 14.1. The van der Waals surface area contributed by atoms with E-state index in [0.29, 0.717) is 26.3 Å². The van der Waals surface area contributed by atoms with E-state index in [1.54, 1.807) is 0 Å². The number of benzene rings is 1. The molecular formula is C21H30N4O4. The smallest absolute Gasteiger partial charge is 0.234 e. The molecule has 8 nitrogen and oxygen atoms in total. The Hall–Kier alpha value is -2.58. The van der Waals surface area contributed by atoms with Crippen molar-refractivity contribution in [3.05, 3.63) is 41.8 Å². The molecule has 3 rings (SSSR count). The molecule has 1 amide bonds. The lowest BCUT2D eigenvalue weighted by Gasteiger charge is -2.33. The van der Waals surface area contributed by atoms with Gasteiger partial charge in [-0.05, 0) is 38.1 Å². The van der Waals surface area contributed by atoms with E-state index in [0.717, 1.165) is 55.7 Å². The van der Waals surface area contributed by atoms with Gasteiger partial charge in [-0.1, -0.05) is 5.16 Å². The van der Waals surface area contributed by atoms with Gasteiger partial charge in [0.2, 0.25) is 5.91 Å². The number of rotatable bonds is 10. The molecule has 1 aliphatic rings. The highest BCUT2D eigenvalue weighted by Gasteiger charge is 2.20. The number of nitrogens with one attached hydrogen (secondary N) is 1. The van der Waals surface area contributed by atoms with Gasteiger partial charge in [0.1, 0.15) is 18.1 Å². The molecule has 2 heterocycles. The summed E-state index contributed by atoms with van der Waals surface area (Å²) in [4.78, 5) is 16.6. The minimum atomic E-state index is 0.0274. The van der Waals surface area contributed by atoms with Gasteiger partial charge in [0.05, 0.1) is 31.9 Å². The number of carbonyl (C=O) groups is 1. The number of hydrogen-bond acceptors (Lipinski definition) is 7. The number of aromatic nitrogens is 1. The van der Waals surface area contributed by atoms with Crippen LogP contribution in [0, 0.1) is 6.92 Å². The fraction of sp³-hybridized carbons (Fsp3) is 0.524. The van der Waals surface area contributed by atoms with Gasteiger partial charge in [-0.2, -0.15) is 0 Å². The van der Waals surface area contributed by atoms with E-state index in [2.05, 4.69) is 20.3 Å². The maximum Gasteiger partial charge on any atom is 0.234 e. The van der Waals surface area contributed by atoms with Crippen LogP contribution in [0.2, 0.25) is 0 Å². The van der Waals surface area contributed by atoms with Crippen molar-refractivity contribution in [1.29, 1.82) is 0 Å². The Morgan fingerprint density at radius 2 is 1.76 bits per heavy atom. The van der Waals surface area contributed by atoms with Crippen LogP contribution in [-0.4, -0.2) is 73.3 Å². The number of carbonyl (C=O) groups excluding carboxylic acids is 1. The fourth-order valence-corrected chi connectivity index (χ4v) is 3.23. The molecule has 0 radical (unpaired) electrons. The van der Waals surface area contributed by atoms with Crippen molar-refractivity contribution < 1.29 is 18.8 Å². The number of hydrogen-bond donors (Lipinski definition) is 1. The first-order valence-corrected chi connectivity index (χ1v) is 10.1. The first-order valence-electron chi connectivity index (χ1n) is 10.1. The third-order valence-electron chi connectivity index (χ3n) is 4.72. The van der Waals surface area contributed by atoms with Gasteiger partial charge in [-0.25, -0.2) is 0 Å². The highest BCUT2D eigenvalue weighted by Crippen LogP contribution is 2.17. The van der Waals surface area contributed by atoms with Crippen molar-refractivity contribution in [2.45, 2.75) is 20.4 Å². The molecule has 0 saturated carbocycles. The first kappa shape index (κ1) is 21.1. The molecule has 2 aromatic rings. The number of ether oxygens (including phenoxy) is 2. The second kappa shape index (κ2) is 10.8. The number of piperazine rings is 1. The van der Waals surface area contributed by atoms with Crippen LogP contribution in [0.25, 0.3) is 0 Å². The topological polar surface area (TPSA) is 80.1 Å². The van der Waals surface area contributed by atoms with E-state index in [1.807, 2.05) is 44.2 Å². The summed E-state index contributed by atoms with van der Waals surface area (Å²) in [5.74, 6) is 2.51. The van der Waals surface area contributed by atoms with Crippen LogP contribution in [0.1, 0.15) is 18.4 Å². The Labute approximate surface area is 171 Å². The summed E-state index contributed by atoms with van der Waals surface area (Å²) in [6.07, 6.45) is 0. The van der Waals surface area contributed by atoms with Crippen LogP contribution in [-0.2, 0) is 11.3 Å². The summed E-state index contributed by atoms with van der Waals surface area (Å²) in [5.41, 5.74) is 0.904. The molecule has 1 N–H and O–H groups in total. The van der Waals surface area contributed by atoms with E-state index < -0.39 is 0 Å². The summed E-state index contributed by atoms with van der Waals surface area (Å²) >= 11 is 0. The summed E-state index contributed by atoms with van der Waals surface area (Å²) < 4.78 is 16.3. The number of nitrogens with zero attached hydrogens (tertiary/aromatic N) is 3. The lowest BCUT2D eigenvalue weighted by molar-refractivity contribution is -0.122. The quantitative estimate of drug-likeness (QED) is 0.606. The van der Waals surface area contributed by atoms with E-state index in [-0.39, 0.29) is 5.91 Å². The van der Waals surface area contributed by atoms with Gasteiger partial charge in [-0.3, -0.25) is 14.6 Å². The maximum absolute atomic E-state index is 12.2. The minimum absolute atomic E-state index is 0.0274. The van der Waals surface area contributed by atoms with Crippen molar-refractivity contribution in [2.24, 2.45) is 0 Å². The molecule has 29 heavy (non-hydrogen) atoms. The zero-order valence-corrected chi connectivity index (χ0v) is 17.2. The van der Waals surface area contributed by atoms with Gasteiger partial charge < -0.3 is 19.3 Å². The largest absolute Gasteiger partial charge is 0.494 e. The van der Waals surface area contributed by atoms with Gasteiger partial charge in [0.15, 0.2) is 5.76 Å². The predicted molar refractivity (Wildman–Crippen MR) is 109 cm³/mol. The van der Waals surface area contributed by atoms with E-state index in [1.165, 1.54) is 0 Å². The van der Waals surface area contributed by atoms with Crippen LogP contribution in [0.5, 0.6) is 11.5 Å². The normalized spacial score (nSPS) is 15.2. The number of aryl methyl sites for hydroxylation is 1. The molecule has 0 aliphatic carbocycles. The van der Waals surface area contributed by atoms with E-state index in [4.69, 9.17) is 14.0 Å². The van der Waals surface area contributed by atoms with Crippen LogP contribution < -0.4 is 14.8 Å². The fourth-order valence-electron chi connectivity index (χ4n) is 3.23. The van der Waals surface area contributed by atoms with Crippen LogP contribution in [0.15, 0.2) is 34.9 Å². The van der Waals surface area contributed by atoms with Crippen molar-refractivity contribution in [1.82, 2.24) is 20.3 Å². The van der Waals surface area contributed by atoms with Gasteiger partial charge in [0.25, 0.3) is 0 Å². The minimum Gasteiger partial charge on any atom is -0.494 e. The molecule has 8 heteroatoms. The molecule has 1 aromatic heterocycles. The summed E-state index contributed by atoms with van der Waals surface area (Å²) in [6.45, 7) is 10.2. The molecule has 0 unspecified atom stereocenters. The van der Waals surface area contributed by atoms with Crippen LogP contribution >= 0.6 is 0 Å². The highest BCUT2D eigenvalue weighted by atomic mass is 16.5. The average Bonchev–Trinajstić information content (AvgIpc) is 3.13. The molecule has 1 aromatic carbocycles. The molecule has 1 saturated heterocycles.